The fourth-order valence-electron chi connectivity index (χ4n) is 2.77. The predicted molar refractivity (Wildman–Crippen MR) is 93.8 cm³/mol. The molecule has 0 radical (unpaired) electrons. The molecule has 6 nitrogen and oxygen atoms in total. The highest BCUT2D eigenvalue weighted by Crippen LogP contribution is 2.29. The summed E-state index contributed by atoms with van der Waals surface area (Å²) in [5, 5.41) is 7.82. The Morgan fingerprint density at radius 2 is 2.00 bits per heavy atom. The van der Waals surface area contributed by atoms with Gasteiger partial charge in [-0.2, -0.15) is 0 Å². The fourth-order valence-corrected chi connectivity index (χ4v) is 2.77. The molecule has 130 valence electrons. The molecule has 0 saturated carbocycles. The normalized spacial score (nSPS) is 12.0. The van der Waals surface area contributed by atoms with E-state index in [-0.39, 0.29) is 18.4 Å². The third kappa shape index (κ3) is 3.57. The maximum atomic E-state index is 12.4. The molecule has 0 aliphatic rings. The second kappa shape index (κ2) is 7.25. The van der Waals surface area contributed by atoms with Crippen LogP contribution < -0.4 is 14.8 Å². The Kier molecular flexibility index (Phi) is 4.88. The van der Waals surface area contributed by atoms with Crippen LogP contribution in [0.3, 0.4) is 0 Å². The van der Waals surface area contributed by atoms with Gasteiger partial charge >= 0.3 is 0 Å². The largest absolute Gasteiger partial charge is 0.497 e. The number of hydrogen-bond donors (Lipinski definition) is 1. The van der Waals surface area contributed by atoms with E-state index in [1.807, 2.05) is 49.4 Å². The Bertz CT molecular complexity index is 888. The number of nitrogens with one attached hydrogen (secondary N) is 1. The van der Waals surface area contributed by atoms with E-state index in [2.05, 4.69) is 10.5 Å². The second-order valence-electron chi connectivity index (χ2n) is 5.70. The van der Waals surface area contributed by atoms with E-state index in [9.17, 15) is 4.79 Å². The number of para-hydroxylation sites is 1. The maximum Gasteiger partial charge on any atom is 0.226 e. The van der Waals surface area contributed by atoms with Crippen LogP contribution in [-0.4, -0.2) is 25.3 Å². The first kappa shape index (κ1) is 16.8. The third-order valence-electron chi connectivity index (χ3n) is 4.06. The number of aromatic nitrogens is 1. The van der Waals surface area contributed by atoms with E-state index in [0.29, 0.717) is 22.8 Å². The van der Waals surface area contributed by atoms with Crippen molar-refractivity contribution in [3.05, 3.63) is 53.7 Å². The lowest BCUT2D eigenvalue weighted by Gasteiger charge is -2.18. The van der Waals surface area contributed by atoms with Crippen LogP contribution in [0.1, 0.15) is 24.2 Å². The SMILES string of the molecule is COc1ccc(OC)c(C(C)NC(=O)Cc2noc3ccccc23)c1. The molecule has 0 bridgehead atoms. The van der Waals surface area contributed by atoms with Gasteiger partial charge in [-0.15, -0.1) is 0 Å². The molecule has 3 rings (SSSR count). The number of fused-ring (bicyclic) bond motifs is 1. The molecule has 0 fully saturated rings. The van der Waals surface area contributed by atoms with Crippen LogP contribution in [0.4, 0.5) is 0 Å². The molecule has 0 saturated heterocycles. The first-order chi connectivity index (χ1) is 12.1. The molecule has 0 aliphatic carbocycles. The van der Waals surface area contributed by atoms with E-state index in [0.717, 1.165) is 10.9 Å². The highest BCUT2D eigenvalue weighted by Gasteiger charge is 2.17. The smallest absolute Gasteiger partial charge is 0.226 e. The Balaban J connectivity index is 1.74. The minimum Gasteiger partial charge on any atom is -0.497 e. The fraction of sp³-hybridized carbons (Fsp3) is 0.263. The lowest BCUT2D eigenvalue weighted by molar-refractivity contribution is -0.121. The van der Waals surface area contributed by atoms with Crippen LogP contribution in [0, 0.1) is 0 Å². The topological polar surface area (TPSA) is 73.6 Å². The highest BCUT2D eigenvalue weighted by molar-refractivity contribution is 5.86. The molecule has 1 heterocycles. The number of nitrogens with zero attached hydrogens (tertiary/aromatic N) is 1. The molecular formula is C19H20N2O4. The first-order valence-electron chi connectivity index (χ1n) is 7.97. The number of amides is 1. The van der Waals surface area contributed by atoms with Crippen molar-refractivity contribution in [2.75, 3.05) is 14.2 Å². The Morgan fingerprint density at radius 3 is 2.76 bits per heavy atom. The van der Waals surface area contributed by atoms with Crippen molar-refractivity contribution in [1.29, 1.82) is 0 Å². The summed E-state index contributed by atoms with van der Waals surface area (Å²) >= 11 is 0. The number of carbonyl (C=O) groups is 1. The Hall–Kier alpha value is -3.02. The summed E-state index contributed by atoms with van der Waals surface area (Å²) in [5.74, 6) is 1.26. The minimum absolute atomic E-state index is 0.142. The zero-order valence-corrected chi connectivity index (χ0v) is 14.4. The van der Waals surface area contributed by atoms with Gasteiger partial charge in [0.05, 0.1) is 26.7 Å². The molecule has 0 spiro atoms. The minimum atomic E-state index is -0.240. The first-order valence-corrected chi connectivity index (χ1v) is 7.97. The van der Waals surface area contributed by atoms with Crippen molar-refractivity contribution in [2.45, 2.75) is 19.4 Å². The van der Waals surface area contributed by atoms with Crippen molar-refractivity contribution < 1.29 is 18.8 Å². The van der Waals surface area contributed by atoms with Crippen molar-refractivity contribution in [2.24, 2.45) is 0 Å². The van der Waals surface area contributed by atoms with Gasteiger partial charge in [-0.05, 0) is 37.3 Å². The molecule has 1 aromatic heterocycles. The summed E-state index contributed by atoms with van der Waals surface area (Å²) in [7, 11) is 3.20. The number of carbonyl (C=O) groups excluding carboxylic acids is 1. The lowest BCUT2D eigenvalue weighted by Crippen LogP contribution is -2.28. The van der Waals surface area contributed by atoms with E-state index in [1.54, 1.807) is 14.2 Å². The standard InChI is InChI=1S/C19H20N2O4/c1-12(15-10-13(23-2)8-9-17(15)24-3)20-19(22)11-16-14-6-4-5-7-18(14)25-21-16/h4-10,12H,11H2,1-3H3,(H,20,22). The van der Waals surface area contributed by atoms with Crippen LogP contribution in [0.15, 0.2) is 47.0 Å². The summed E-state index contributed by atoms with van der Waals surface area (Å²) < 4.78 is 15.9. The van der Waals surface area contributed by atoms with Gasteiger partial charge in [0, 0.05) is 10.9 Å². The molecule has 1 unspecified atom stereocenters. The van der Waals surface area contributed by atoms with Gasteiger partial charge in [0.15, 0.2) is 5.58 Å². The van der Waals surface area contributed by atoms with E-state index in [1.165, 1.54) is 0 Å². The third-order valence-corrected chi connectivity index (χ3v) is 4.06. The number of benzene rings is 2. The molecule has 3 aromatic rings. The summed E-state index contributed by atoms with van der Waals surface area (Å²) in [6.07, 6.45) is 0.146. The molecule has 1 amide bonds. The monoisotopic (exact) mass is 340 g/mol. The second-order valence-corrected chi connectivity index (χ2v) is 5.70. The van der Waals surface area contributed by atoms with Gasteiger partial charge in [0.25, 0.3) is 0 Å². The zero-order chi connectivity index (χ0) is 17.8. The van der Waals surface area contributed by atoms with Crippen LogP contribution in [-0.2, 0) is 11.2 Å². The molecule has 1 atom stereocenters. The Morgan fingerprint density at radius 1 is 1.20 bits per heavy atom. The van der Waals surface area contributed by atoms with Gasteiger partial charge in [0.2, 0.25) is 5.91 Å². The van der Waals surface area contributed by atoms with Crippen molar-refractivity contribution in [1.82, 2.24) is 10.5 Å². The quantitative estimate of drug-likeness (QED) is 0.745. The predicted octanol–water partition coefficient (Wildman–Crippen LogP) is 3.26. The van der Waals surface area contributed by atoms with Gasteiger partial charge in [-0.3, -0.25) is 4.79 Å². The number of ether oxygens (including phenoxy) is 2. The summed E-state index contributed by atoms with van der Waals surface area (Å²) in [5.41, 5.74) is 2.14. The molecule has 0 aliphatic heterocycles. The van der Waals surface area contributed by atoms with Crippen LogP contribution in [0.5, 0.6) is 11.5 Å². The number of hydrogen-bond acceptors (Lipinski definition) is 5. The molecule has 1 N–H and O–H groups in total. The number of rotatable bonds is 6. The average Bonchev–Trinajstić information content (AvgIpc) is 3.04. The lowest BCUT2D eigenvalue weighted by atomic mass is 10.1. The van der Waals surface area contributed by atoms with Gasteiger partial charge in [-0.25, -0.2) is 0 Å². The summed E-state index contributed by atoms with van der Waals surface area (Å²) in [6, 6.07) is 12.7. The van der Waals surface area contributed by atoms with Crippen molar-refractivity contribution >= 4 is 16.9 Å². The Labute approximate surface area is 145 Å². The highest BCUT2D eigenvalue weighted by atomic mass is 16.5. The van der Waals surface area contributed by atoms with Crippen LogP contribution in [0.25, 0.3) is 11.0 Å². The van der Waals surface area contributed by atoms with Gasteiger partial charge in [0.1, 0.15) is 17.2 Å². The summed E-state index contributed by atoms with van der Waals surface area (Å²) in [6.45, 7) is 1.90. The zero-order valence-electron chi connectivity index (χ0n) is 14.4. The summed E-state index contributed by atoms with van der Waals surface area (Å²) in [4.78, 5) is 12.4. The molecular weight excluding hydrogens is 320 g/mol. The number of methoxy groups -OCH3 is 2. The van der Waals surface area contributed by atoms with Gasteiger partial charge in [-0.1, -0.05) is 17.3 Å². The van der Waals surface area contributed by atoms with Crippen LogP contribution in [0.2, 0.25) is 0 Å². The average molecular weight is 340 g/mol. The van der Waals surface area contributed by atoms with Crippen molar-refractivity contribution in [3.63, 3.8) is 0 Å². The van der Waals surface area contributed by atoms with E-state index in [4.69, 9.17) is 14.0 Å². The van der Waals surface area contributed by atoms with E-state index >= 15 is 0 Å². The van der Waals surface area contributed by atoms with Crippen molar-refractivity contribution in [3.8, 4) is 11.5 Å². The molecule has 2 aromatic carbocycles. The maximum absolute atomic E-state index is 12.4. The van der Waals surface area contributed by atoms with Crippen LogP contribution >= 0.6 is 0 Å². The molecule has 25 heavy (non-hydrogen) atoms. The molecule has 6 heteroatoms. The van der Waals surface area contributed by atoms with E-state index < -0.39 is 0 Å². The van der Waals surface area contributed by atoms with Gasteiger partial charge < -0.3 is 19.3 Å².